The van der Waals surface area contributed by atoms with Crippen LogP contribution in [-0.4, -0.2) is 18.3 Å². The van der Waals surface area contributed by atoms with E-state index in [1.807, 2.05) is 0 Å². The van der Waals surface area contributed by atoms with Gasteiger partial charge in [0, 0.05) is 65.5 Å². The minimum absolute atomic E-state index is 1.17. The second kappa shape index (κ2) is 25.4. The summed E-state index contributed by atoms with van der Waals surface area (Å²) in [5.41, 5.74) is 24.4. The molecule has 0 unspecified atom stereocenters. The summed E-state index contributed by atoms with van der Waals surface area (Å²) in [5.74, 6) is 0. The first kappa shape index (κ1) is 63.3. The van der Waals surface area contributed by atoms with E-state index >= 15 is 0 Å². The van der Waals surface area contributed by atoms with Crippen LogP contribution in [0.25, 0.3) is 219 Å². The van der Waals surface area contributed by atoms with Gasteiger partial charge in [-0.15, -0.1) is 0 Å². The summed E-state index contributed by atoms with van der Waals surface area (Å²) in [7, 11) is 0. The lowest BCUT2D eigenvalue weighted by Crippen LogP contribution is -1.96. The molecule has 112 heavy (non-hydrogen) atoms. The van der Waals surface area contributed by atoms with Crippen LogP contribution < -0.4 is 0 Å². The number of hydrogen-bond acceptors (Lipinski definition) is 0. The first-order valence-electron chi connectivity index (χ1n) is 38.7. The third kappa shape index (κ3) is 9.95. The molecule has 4 nitrogen and oxygen atoms in total. The van der Waals surface area contributed by atoms with Crippen molar-refractivity contribution in [2.24, 2.45) is 0 Å². The van der Waals surface area contributed by atoms with E-state index in [9.17, 15) is 0 Å². The van der Waals surface area contributed by atoms with E-state index < -0.39 is 0 Å². The zero-order valence-corrected chi connectivity index (χ0v) is 61.0. The van der Waals surface area contributed by atoms with Crippen molar-refractivity contribution >= 4 is 152 Å². The Balaban J connectivity index is 0.000000134. The number of fused-ring (bicyclic) bond motifs is 18. The molecule has 4 aromatic heterocycles. The second-order valence-corrected chi connectivity index (χ2v) is 29.8. The van der Waals surface area contributed by atoms with Crippen LogP contribution >= 0.6 is 0 Å². The lowest BCUT2D eigenvalue weighted by atomic mass is 9.90. The molecule has 0 fully saturated rings. The highest BCUT2D eigenvalue weighted by molar-refractivity contribution is 6.17. The highest BCUT2D eigenvalue weighted by Gasteiger charge is 2.21. The Morgan fingerprint density at radius 1 is 0.125 bits per heavy atom. The molecular weight excluding hydrogens is 1350 g/mol. The Labute approximate surface area is 645 Å². The summed E-state index contributed by atoms with van der Waals surface area (Å²) >= 11 is 0. The number of hydrogen-bond donors (Lipinski definition) is 0. The van der Waals surface area contributed by atoms with Gasteiger partial charge >= 0.3 is 0 Å². The van der Waals surface area contributed by atoms with Crippen molar-refractivity contribution < 1.29 is 0 Å². The van der Waals surface area contributed by atoms with Crippen molar-refractivity contribution in [3.63, 3.8) is 0 Å². The van der Waals surface area contributed by atoms with Gasteiger partial charge in [0.15, 0.2) is 0 Å². The second-order valence-electron chi connectivity index (χ2n) is 29.8. The minimum atomic E-state index is 1.17. The van der Waals surface area contributed by atoms with Gasteiger partial charge in [-0.1, -0.05) is 303 Å². The highest BCUT2D eigenvalue weighted by atomic mass is 15.0. The minimum Gasteiger partial charge on any atom is -0.309 e. The summed E-state index contributed by atoms with van der Waals surface area (Å²) in [4.78, 5) is 0. The zero-order valence-electron chi connectivity index (χ0n) is 61.0. The Morgan fingerprint density at radius 3 is 0.652 bits per heavy atom. The first-order chi connectivity index (χ1) is 55.6. The van der Waals surface area contributed by atoms with Gasteiger partial charge in [0.05, 0.1) is 49.8 Å². The van der Waals surface area contributed by atoms with E-state index in [-0.39, 0.29) is 0 Å². The summed E-state index contributed by atoms with van der Waals surface area (Å²) in [5, 5.41) is 25.1. The molecule has 0 atom stereocenters. The molecule has 520 valence electrons. The molecule has 0 radical (unpaired) electrons. The van der Waals surface area contributed by atoms with Crippen LogP contribution in [0.4, 0.5) is 0 Å². The zero-order chi connectivity index (χ0) is 73.5. The Kier molecular flexibility index (Phi) is 14.3. The Hall–Kier alpha value is -14.8. The van der Waals surface area contributed by atoms with Crippen LogP contribution in [0.1, 0.15) is 0 Å². The average molecular weight is 1420 g/mol. The molecule has 24 aromatic rings. The topological polar surface area (TPSA) is 19.7 Å². The fourth-order valence-corrected chi connectivity index (χ4v) is 18.7. The number of para-hydroxylation sites is 8. The van der Waals surface area contributed by atoms with Crippen LogP contribution in [0, 0.1) is 0 Å². The maximum atomic E-state index is 2.43. The molecule has 0 saturated heterocycles. The SMILES string of the molecule is c1cc(-c2ccc(-n3c4ccccc4c4ccccc43)c3ccccc23)c2cccc(-c3ccc4cc(-n5c6ccccc6c6ccccc65)ccc4c3)c2c1.c1cc(-c2ccc3cc(-n4c5ccccc5c5ccccc54)ccc3c2)c2cccc(-c3ccc4cc(-n5c6ccccc6c6ccccc65)ccc4c3)c2c1. The lowest BCUT2D eigenvalue weighted by molar-refractivity contribution is 1.19. The van der Waals surface area contributed by atoms with Crippen molar-refractivity contribution in [1.29, 1.82) is 0 Å². The molecule has 0 aliphatic carbocycles. The van der Waals surface area contributed by atoms with E-state index in [1.165, 1.54) is 219 Å². The van der Waals surface area contributed by atoms with E-state index in [4.69, 9.17) is 0 Å². The highest BCUT2D eigenvalue weighted by Crippen LogP contribution is 2.45. The molecular formula is C108H68N4. The maximum absolute atomic E-state index is 2.43. The molecule has 0 amide bonds. The van der Waals surface area contributed by atoms with Gasteiger partial charge in [-0.3, -0.25) is 0 Å². The predicted octanol–water partition coefficient (Wildman–Crippen LogP) is 29.3. The molecule has 20 aromatic carbocycles. The fourth-order valence-electron chi connectivity index (χ4n) is 18.7. The van der Waals surface area contributed by atoms with Crippen molar-refractivity contribution in [2.75, 3.05) is 0 Å². The van der Waals surface area contributed by atoms with E-state index in [0.717, 1.165) is 0 Å². The fraction of sp³-hybridized carbons (Fsp3) is 0. The number of benzene rings is 20. The molecule has 24 rings (SSSR count). The molecule has 4 heterocycles. The van der Waals surface area contributed by atoms with Crippen LogP contribution in [0.5, 0.6) is 0 Å². The molecule has 0 aliphatic rings. The van der Waals surface area contributed by atoms with Crippen LogP contribution in [-0.2, 0) is 0 Å². The summed E-state index contributed by atoms with van der Waals surface area (Å²) in [6, 6.07) is 152. The van der Waals surface area contributed by atoms with Gasteiger partial charge in [-0.25, -0.2) is 0 Å². The summed E-state index contributed by atoms with van der Waals surface area (Å²) in [6.45, 7) is 0. The van der Waals surface area contributed by atoms with Gasteiger partial charge in [0.2, 0.25) is 0 Å². The number of rotatable bonds is 8. The molecule has 0 N–H and O–H groups in total. The van der Waals surface area contributed by atoms with Crippen molar-refractivity contribution in [1.82, 2.24) is 18.3 Å². The van der Waals surface area contributed by atoms with Crippen molar-refractivity contribution in [2.45, 2.75) is 0 Å². The molecule has 4 heteroatoms. The van der Waals surface area contributed by atoms with E-state index in [2.05, 4.69) is 431 Å². The van der Waals surface area contributed by atoms with E-state index in [0.29, 0.717) is 0 Å². The molecule has 0 aliphatic heterocycles. The predicted molar refractivity (Wildman–Crippen MR) is 477 cm³/mol. The third-order valence-electron chi connectivity index (χ3n) is 23.8. The molecule has 0 spiro atoms. The standard InChI is InChI=1S/2C54H34N2/c1-5-19-51-47(11-1)48-12-2-6-20-52(48)55(51)41-29-27-35-31-39(25-23-37(35)33-41)43-15-9-18-46-44(16-10-17-45(43)46)40-26-24-38-34-42(30-28-36(38)32-40)56-53-21-7-3-13-49(53)50-14-4-8-22-54(50)56;1-2-14-45-43(13-1)44(31-32-54(45)56-52-25-9-5-17-48(52)49-18-6-10-26-53(49)56)42-22-12-20-40-39(19-11-21-41(40)42)37-28-27-36-34-38(30-29-35(36)33-37)55-50-23-7-3-15-46(50)47-16-4-8-24-51(47)55/h2*1-34H. The first-order valence-corrected chi connectivity index (χ1v) is 38.7. The normalized spacial score (nSPS) is 11.9. The van der Waals surface area contributed by atoms with E-state index in [1.54, 1.807) is 0 Å². The van der Waals surface area contributed by atoms with Gasteiger partial charge in [0.1, 0.15) is 0 Å². The average Bonchev–Trinajstić information content (AvgIpc) is 1.36. The Morgan fingerprint density at radius 2 is 0.339 bits per heavy atom. The lowest BCUT2D eigenvalue weighted by Gasteiger charge is -2.17. The molecule has 0 saturated carbocycles. The van der Waals surface area contributed by atoms with Gasteiger partial charge in [0.25, 0.3) is 0 Å². The summed E-state index contributed by atoms with van der Waals surface area (Å²) < 4.78 is 9.61. The van der Waals surface area contributed by atoms with Crippen molar-refractivity contribution in [3.8, 4) is 67.3 Å². The third-order valence-corrected chi connectivity index (χ3v) is 23.8. The summed E-state index contributed by atoms with van der Waals surface area (Å²) in [6.07, 6.45) is 0. The maximum Gasteiger partial charge on any atom is 0.0541 e. The smallest absolute Gasteiger partial charge is 0.0541 e. The van der Waals surface area contributed by atoms with Crippen molar-refractivity contribution in [3.05, 3.63) is 413 Å². The van der Waals surface area contributed by atoms with Crippen LogP contribution in [0.2, 0.25) is 0 Å². The monoisotopic (exact) mass is 1420 g/mol. The Bertz CT molecular complexity index is 7580. The number of aromatic nitrogens is 4. The quantitative estimate of drug-likeness (QED) is 0.144. The van der Waals surface area contributed by atoms with Crippen LogP contribution in [0.3, 0.4) is 0 Å². The molecule has 0 bridgehead atoms. The van der Waals surface area contributed by atoms with Crippen LogP contribution in [0.15, 0.2) is 413 Å². The van der Waals surface area contributed by atoms with Gasteiger partial charge in [-0.2, -0.15) is 0 Å². The number of nitrogens with zero attached hydrogens (tertiary/aromatic N) is 4. The largest absolute Gasteiger partial charge is 0.309 e. The van der Waals surface area contributed by atoms with Gasteiger partial charge in [-0.05, 0) is 213 Å². The van der Waals surface area contributed by atoms with Gasteiger partial charge < -0.3 is 18.3 Å².